The highest BCUT2D eigenvalue weighted by atomic mass is 17.2. The van der Waals surface area contributed by atoms with E-state index in [4.69, 9.17) is 0 Å². The Morgan fingerprint density at radius 1 is 0.446 bits per heavy atom. The molecule has 4 unspecified atom stereocenters. The van der Waals surface area contributed by atoms with Crippen LogP contribution in [-0.2, 0) is 38.7 Å². The zero-order valence-corrected chi connectivity index (χ0v) is 35.1. The third kappa shape index (κ3) is 27.3. The Morgan fingerprint density at radius 2 is 0.732 bits per heavy atom. The number of rotatable bonds is 38. The van der Waals surface area contributed by atoms with E-state index in [2.05, 4.69) is 33.4 Å². The molecular weight excluding hydrogens is 724 g/mol. The Kier molecular flexibility index (Phi) is 35.5. The van der Waals surface area contributed by atoms with Crippen molar-refractivity contribution in [3.05, 3.63) is 0 Å². The van der Waals surface area contributed by atoms with E-state index in [1.807, 2.05) is 0 Å². The molecule has 330 valence electrons. The molecule has 0 aliphatic carbocycles. The highest BCUT2D eigenvalue weighted by molar-refractivity contribution is 5.90. The quantitative estimate of drug-likeness (QED) is 0.0226. The summed E-state index contributed by atoms with van der Waals surface area (Å²) in [5.41, 5.74) is -3.69. The van der Waals surface area contributed by atoms with Gasteiger partial charge in [-0.2, -0.15) is 0 Å². The lowest BCUT2D eigenvalue weighted by Gasteiger charge is -2.33. The van der Waals surface area contributed by atoms with Crippen LogP contribution >= 0.6 is 0 Å². The molecule has 0 fully saturated rings. The number of hydrogen-bond acceptors (Lipinski definition) is 13. The maximum Gasteiger partial charge on any atom is 0.392 e. The Labute approximate surface area is 337 Å². The first-order valence-electron chi connectivity index (χ1n) is 22.3. The van der Waals surface area contributed by atoms with E-state index >= 15 is 0 Å². The molecule has 0 aromatic carbocycles. The van der Waals surface area contributed by atoms with Crippen molar-refractivity contribution in [2.24, 2.45) is 0 Å². The molecular formula is C43H80O13. The van der Waals surface area contributed by atoms with Crippen molar-refractivity contribution in [1.82, 2.24) is 0 Å². The standard InChI is InChI=1S/C43H80O13/c1-3-5-7-9-11-13-15-17-19-21-23-25-27-29-31-33-37(46)53-55-41(50)40(49)43(52,39(48)36(45)35-44)42(51)56-54-38(47)34-32-30-28-26-24-22-20-18-16-14-12-10-8-6-4-2/h36,39-40,44-45,48-49,52H,3-35H2,1-2H3. The monoisotopic (exact) mass is 805 g/mol. The van der Waals surface area contributed by atoms with Crippen LogP contribution in [0.3, 0.4) is 0 Å². The van der Waals surface area contributed by atoms with Gasteiger partial charge in [0.05, 0.1) is 19.4 Å². The van der Waals surface area contributed by atoms with Gasteiger partial charge in [0.15, 0.2) is 6.10 Å². The van der Waals surface area contributed by atoms with E-state index in [1.54, 1.807) is 0 Å². The largest absolute Gasteiger partial charge is 0.394 e. The lowest BCUT2D eigenvalue weighted by Crippen LogP contribution is -2.65. The normalized spacial score (nSPS) is 14.1. The molecule has 0 aromatic heterocycles. The number of unbranched alkanes of at least 4 members (excludes halogenated alkanes) is 28. The maximum absolute atomic E-state index is 12.7. The minimum Gasteiger partial charge on any atom is -0.394 e. The molecule has 0 aromatic rings. The number of hydrogen-bond donors (Lipinski definition) is 5. The Hall–Kier alpha value is -2.32. The molecule has 0 bridgehead atoms. The van der Waals surface area contributed by atoms with Crippen molar-refractivity contribution in [2.45, 2.75) is 243 Å². The minimum atomic E-state index is -3.69. The lowest BCUT2D eigenvalue weighted by molar-refractivity contribution is -0.294. The fourth-order valence-corrected chi connectivity index (χ4v) is 6.62. The molecule has 0 saturated carbocycles. The van der Waals surface area contributed by atoms with Crippen LogP contribution in [0.15, 0.2) is 0 Å². The van der Waals surface area contributed by atoms with Crippen LogP contribution < -0.4 is 0 Å². The lowest BCUT2D eigenvalue weighted by atomic mass is 9.87. The first-order valence-corrected chi connectivity index (χ1v) is 22.3. The zero-order valence-electron chi connectivity index (χ0n) is 35.1. The first-order chi connectivity index (χ1) is 27.1. The topological polar surface area (TPSA) is 206 Å². The summed E-state index contributed by atoms with van der Waals surface area (Å²) in [6, 6.07) is 0. The van der Waals surface area contributed by atoms with Gasteiger partial charge in [-0.15, -0.1) is 0 Å². The average molecular weight is 805 g/mol. The van der Waals surface area contributed by atoms with Gasteiger partial charge in [0.2, 0.25) is 5.60 Å². The van der Waals surface area contributed by atoms with Crippen LogP contribution in [0, 0.1) is 0 Å². The van der Waals surface area contributed by atoms with Gasteiger partial charge in [0, 0.05) is 0 Å². The van der Waals surface area contributed by atoms with Crippen LogP contribution in [-0.4, -0.2) is 79.9 Å². The number of carbonyl (C=O) groups is 4. The van der Waals surface area contributed by atoms with Crippen LogP contribution in [0.4, 0.5) is 0 Å². The van der Waals surface area contributed by atoms with Gasteiger partial charge in [0.25, 0.3) is 0 Å². The molecule has 0 spiro atoms. The minimum absolute atomic E-state index is 0.102. The summed E-state index contributed by atoms with van der Waals surface area (Å²) in [4.78, 5) is 66.9. The predicted octanol–water partition coefficient (Wildman–Crippen LogP) is 8.32. The van der Waals surface area contributed by atoms with Crippen LogP contribution in [0.5, 0.6) is 0 Å². The Bertz CT molecular complexity index is 977. The van der Waals surface area contributed by atoms with Gasteiger partial charge in [-0.05, 0) is 12.8 Å². The van der Waals surface area contributed by atoms with Crippen molar-refractivity contribution in [2.75, 3.05) is 6.61 Å². The van der Waals surface area contributed by atoms with E-state index < -0.39 is 54.4 Å². The van der Waals surface area contributed by atoms with Crippen LogP contribution in [0.2, 0.25) is 0 Å². The molecule has 13 nitrogen and oxygen atoms in total. The van der Waals surface area contributed by atoms with Gasteiger partial charge >= 0.3 is 23.9 Å². The number of aliphatic hydroxyl groups excluding tert-OH is 4. The van der Waals surface area contributed by atoms with Crippen molar-refractivity contribution >= 4 is 23.9 Å². The Balaban J connectivity index is 4.35. The highest BCUT2D eigenvalue weighted by Crippen LogP contribution is 2.24. The molecule has 0 heterocycles. The fraction of sp³-hybridized carbons (Fsp3) is 0.907. The third-order valence-electron chi connectivity index (χ3n) is 10.4. The summed E-state index contributed by atoms with van der Waals surface area (Å²) in [6.45, 7) is 3.25. The van der Waals surface area contributed by atoms with Crippen molar-refractivity contribution < 1.29 is 64.3 Å². The van der Waals surface area contributed by atoms with Crippen molar-refractivity contribution in [1.29, 1.82) is 0 Å². The molecule has 5 N–H and O–H groups in total. The molecule has 0 aliphatic heterocycles. The summed E-state index contributed by atoms with van der Waals surface area (Å²) in [7, 11) is 0. The van der Waals surface area contributed by atoms with E-state index in [-0.39, 0.29) is 12.8 Å². The smallest absolute Gasteiger partial charge is 0.392 e. The van der Waals surface area contributed by atoms with Gasteiger partial charge in [-0.3, -0.25) is 0 Å². The third-order valence-corrected chi connectivity index (χ3v) is 10.4. The second-order valence-electron chi connectivity index (χ2n) is 15.5. The van der Waals surface area contributed by atoms with E-state index in [9.17, 15) is 44.7 Å². The van der Waals surface area contributed by atoms with Crippen molar-refractivity contribution in [3.63, 3.8) is 0 Å². The molecule has 0 aliphatic rings. The predicted molar refractivity (Wildman–Crippen MR) is 214 cm³/mol. The number of carbonyl (C=O) groups excluding carboxylic acids is 4. The molecule has 0 saturated heterocycles. The van der Waals surface area contributed by atoms with Gasteiger partial charge < -0.3 is 25.5 Å². The molecule has 4 atom stereocenters. The van der Waals surface area contributed by atoms with E-state index in [1.165, 1.54) is 128 Å². The van der Waals surface area contributed by atoms with E-state index in [0.29, 0.717) is 12.8 Å². The molecule has 56 heavy (non-hydrogen) atoms. The van der Waals surface area contributed by atoms with E-state index in [0.717, 1.165) is 51.4 Å². The second kappa shape index (κ2) is 37.0. The number of aliphatic hydroxyl groups is 5. The van der Waals surface area contributed by atoms with Crippen LogP contribution in [0.1, 0.15) is 219 Å². The molecule has 0 rings (SSSR count). The van der Waals surface area contributed by atoms with Crippen molar-refractivity contribution in [3.8, 4) is 0 Å². The summed E-state index contributed by atoms with van der Waals surface area (Å²) < 4.78 is 0. The second-order valence-corrected chi connectivity index (χ2v) is 15.5. The highest BCUT2D eigenvalue weighted by Gasteiger charge is 2.58. The van der Waals surface area contributed by atoms with Gasteiger partial charge in [0.1, 0.15) is 12.2 Å². The summed E-state index contributed by atoms with van der Waals surface area (Å²) in [6.07, 6.45) is 26.1. The maximum atomic E-state index is 12.7. The molecule has 0 amide bonds. The summed E-state index contributed by atoms with van der Waals surface area (Å²) in [5.74, 6) is -5.86. The molecule has 0 radical (unpaired) electrons. The fourth-order valence-electron chi connectivity index (χ4n) is 6.62. The Morgan fingerprint density at radius 3 is 1.04 bits per heavy atom. The zero-order chi connectivity index (χ0) is 41.7. The van der Waals surface area contributed by atoms with Gasteiger partial charge in [-0.1, -0.05) is 194 Å². The SMILES string of the molecule is CCCCCCCCCCCCCCCCCC(=O)OOC(=O)C(O)C(O)(C(=O)OOC(=O)CCCCCCCCCCCCCCCCC)C(O)C(O)CO. The van der Waals surface area contributed by atoms with Crippen LogP contribution in [0.25, 0.3) is 0 Å². The average Bonchev–Trinajstić information content (AvgIpc) is 3.20. The van der Waals surface area contributed by atoms with Gasteiger partial charge in [-0.25, -0.2) is 38.7 Å². The molecule has 13 heteroatoms. The summed E-state index contributed by atoms with van der Waals surface area (Å²) in [5, 5.41) is 50.8. The summed E-state index contributed by atoms with van der Waals surface area (Å²) >= 11 is 0. The first kappa shape index (κ1) is 53.7.